The van der Waals surface area contributed by atoms with E-state index in [0.717, 1.165) is 6.20 Å². The molecule has 2 aromatic rings. The molecular weight excluding hydrogens is 343 g/mol. The fraction of sp³-hybridized carbons (Fsp3) is 0.267. The molecule has 1 atom stereocenters. The molecule has 3 N–H and O–H groups in total. The van der Waals surface area contributed by atoms with Gasteiger partial charge in [0, 0.05) is 5.56 Å². The highest BCUT2D eigenvalue weighted by Crippen LogP contribution is 2.25. The lowest BCUT2D eigenvalue weighted by Crippen LogP contribution is -2.43. The summed E-state index contributed by atoms with van der Waals surface area (Å²) >= 11 is 0. The van der Waals surface area contributed by atoms with E-state index in [0.29, 0.717) is 11.3 Å². The van der Waals surface area contributed by atoms with Gasteiger partial charge in [-0.25, -0.2) is 4.79 Å². The molecule has 0 aliphatic carbocycles. The Hall–Kier alpha value is -3.04. The van der Waals surface area contributed by atoms with Gasteiger partial charge < -0.3 is 15.2 Å². The van der Waals surface area contributed by atoms with Crippen LogP contribution in [0.25, 0.3) is 11.3 Å². The fourth-order valence-corrected chi connectivity index (χ4v) is 2.10. The van der Waals surface area contributed by atoms with Crippen LogP contribution in [-0.4, -0.2) is 46.5 Å². The minimum absolute atomic E-state index is 0.0707. The number of halogens is 3. The van der Waals surface area contributed by atoms with E-state index in [1.54, 1.807) is 24.3 Å². The zero-order chi connectivity index (χ0) is 18.6. The third-order valence-corrected chi connectivity index (χ3v) is 3.30. The lowest BCUT2D eigenvalue weighted by molar-refractivity contribution is -0.157. The highest BCUT2D eigenvalue weighted by atomic mass is 19.4. The summed E-state index contributed by atoms with van der Waals surface area (Å²) in [6.07, 6.45) is -5.29. The second kappa shape index (κ2) is 7.24. The van der Waals surface area contributed by atoms with Crippen LogP contribution < -0.4 is 10.1 Å². The molecule has 134 valence electrons. The number of carboxylic acids is 1. The van der Waals surface area contributed by atoms with Crippen LogP contribution in [0.4, 0.5) is 13.2 Å². The number of hydrogen-bond donors (Lipinski definition) is 3. The predicted molar refractivity (Wildman–Crippen MR) is 80.1 cm³/mol. The molecule has 0 spiro atoms. The molecule has 2 rings (SSSR count). The Morgan fingerprint density at radius 1 is 1.32 bits per heavy atom. The smallest absolute Gasteiger partial charge is 0.391 e. The Balaban J connectivity index is 2.22. The molecule has 0 radical (unpaired) electrons. The van der Waals surface area contributed by atoms with Crippen molar-refractivity contribution in [2.24, 2.45) is 0 Å². The first-order valence-corrected chi connectivity index (χ1v) is 6.99. The van der Waals surface area contributed by atoms with Crippen molar-refractivity contribution in [3.8, 4) is 17.0 Å². The minimum Gasteiger partial charge on any atom is -0.497 e. The van der Waals surface area contributed by atoms with Gasteiger partial charge >= 0.3 is 12.1 Å². The normalized spacial score (nSPS) is 12.5. The van der Waals surface area contributed by atoms with Crippen molar-refractivity contribution in [2.75, 3.05) is 7.11 Å². The van der Waals surface area contributed by atoms with Crippen molar-refractivity contribution in [2.45, 2.75) is 18.6 Å². The molecule has 10 heteroatoms. The van der Waals surface area contributed by atoms with Crippen molar-refractivity contribution in [1.82, 2.24) is 15.5 Å². The van der Waals surface area contributed by atoms with Crippen LogP contribution in [0.1, 0.15) is 16.8 Å². The lowest BCUT2D eigenvalue weighted by atomic mass is 10.1. The molecule has 0 bridgehead atoms. The number of aromatic nitrogens is 2. The number of H-pyrrole nitrogens is 1. The van der Waals surface area contributed by atoms with Gasteiger partial charge in [0.05, 0.1) is 31.0 Å². The second-order valence-corrected chi connectivity index (χ2v) is 5.07. The van der Waals surface area contributed by atoms with Crippen LogP contribution in [0.5, 0.6) is 5.75 Å². The molecule has 0 aliphatic heterocycles. The number of carboxylic acid groups (broad SMARTS) is 1. The van der Waals surface area contributed by atoms with Crippen molar-refractivity contribution < 1.29 is 32.6 Å². The molecule has 1 aromatic carbocycles. The number of carbonyl (C=O) groups is 2. The highest BCUT2D eigenvalue weighted by molar-refractivity contribution is 6.01. The number of carbonyl (C=O) groups excluding carboxylic acids is 1. The summed E-state index contributed by atoms with van der Waals surface area (Å²) in [6, 6.07) is 4.40. The van der Waals surface area contributed by atoms with Crippen molar-refractivity contribution in [1.29, 1.82) is 0 Å². The monoisotopic (exact) mass is 357 g/mol. The topological polar surface area (TPSA) is 104 Å². The Morgan fingerprint density at radius 2 is 1.96 bits per heavy atom. The van der Waals surface area contributed by atoms with E-state index in [1.165, 1.54) is 7.11 Å². The number of hydrogen-bond acceptors (Lipinski definition) is 4. The molecule has 0 saturated carbocycles. The maximum atomic E-state index is 12.4. The summed E-state index contributed by atoms with van der Waals surface area (Å²) in [5.74, 6) is -2.18. The highest BCUT2D eigenvalue weighted by Gasteiger charge is 2.36. The van der Waals surface area contributed by atoms with Gasteiger partial charge in [0.15, 0.2) is 0 Å². The molecule has 1 unspecified atom stereocenters. The maximum absolute atomic E-state index is 12.4. The largest absolute Gasteiger partial charge is 0.497 e. The Morgan fingerprint density at radius 3 is 2.48 bits per heavy atom. The second-order valence-electron chi connectivity index (χ2n) is 5.07. The first-order valence-electron chi connectivity index (χ1n) is 6.99. The standard InChI is InChI=1S/C15H14F3N3O4/c1-25-9-4-2-8(3-5-9)12-10(7-19-21-12)13(22)20-11(14(23)24)6-15(16,17)18/h2-5,7,11H,6H2,1H3,(H,19,21)(H,20,22)(H,23,24). The van der Waals surface area contributed by atoms with Gasteiger partial charge in [-0.1, -0.05) is 0 Å². The van der Waals surface area contributed by atoms with Gasteiger partial charge in [0.25, 0.3) is 5.91 Å². The number of methoxy groups -OCH3 is 1. The average Bonchev–Trinajstić information content (AvgIpc) is 3.02. The molecule has 25 heavy (non-hydrogen) atoms. The number of ether oxygens (including phenoxy) is 1. The Bertz CT molecular complexity index is 756. The van der Waals surface area contributed by atoms with E-state index < -0.39 is 30.5 Å². The molecule has 1 amide bonds. The number of benzene rings is 1. The number of rotatable bonds is 6. The summed E-state index contributed by atoms with van der Waals surface area (Å²) in [6.45, 7) is 0. The summed E-state index contributed by atoms with van der Waals surface area (Å²) in [7, 11) is 1.48. The predicted octanol–water partition coefficient (Wildman–Crippen LogP) is 2.22. The number of nitrogens with zero attached hydrogens (tertiary/aromatic N) is 1. The van der Waals surface area contributed by atoms with E-state index in [9.17, 15) is 22.8 Å². The van der Waals surface area contributed by atoms with E-state index >= 15 is 0 Å². The minimum atomic E-state index is -4.73. The third kappa shape index (κ3) is 4.72. The van der Waals surface area contributed by atoms with Gasteiger partial charge in [-0.2, -0.15) is 18.3 Å². The van der Waals surface area contributed by atoms with Crippen LogP contribution >= 0.6 is 0 Å². The van der Waals surface area contributed by atoms with Crippen LogP contribution in [-0.2, 0) is 4.79 Å². The van der Waals surface area contributed by atoms with Gasteiger partial charge in [-0.05, 0) is 24.3 Å². The van der Waals surface area contributed by atoms with Gasteiger partial charge in [0.1, 0.15) is 11.8 Å². The number of nitrogens with one attached hydrogen (secondary N) is 2. The molecule has 1 aromatic heterocycles. The zero-order valence-corrected chi connectivity index (χ0v) is 12.9. The van der Waals surface area contributed by atoms with Crippen LogP contribution in [0.3, 0.4) is 0 Å². The molecule has 0 saturated heterocycles. The average molecular weight is 357 g/mol. The Kier molecular flexibility index (Phi) is 5.30. The summed E-state index contributed by atoms with van der Waals surface area (Å²) in [5, 5.41) is 17.0. The Labute approximate surface area is 139 Å². The number of alkyl halides is 3. The van der Waals surface area contributed by atoms with Gasteiger partial charge in [0.2, 0.25) is 0 Å². The maximum Gasteiger partial charge on any atom is 0.391 e. The van der Waals surface area contributed by atoms with Gasteiger partial charge in [-0.3, -0.25) is 9.89 Å². The third-order valence-electron chi connectivity index (χ3n) is 3.30. The molecule has 1 heterocycles. The summed E-state index contributed by atoms with van der Waals surface area (Å²) in [5.41, 5.74) is 0.709. The number of aliphatic carboxylic acids is 1. The van der Waals surface area contributed by atoms with Crippen LogP contribution in [0, 0.1) is 0 Å². The zero-order valence-electron chi connectivity index (χ0n) is 12.9. The van der Waals surface area contributed by atoms with Crippen molar-refractivity contribution in [3.05, 3.63) is 36.0 Å². The SMILES string of the molecule is COc1ccc(-c2[nH]ncc2C(=O)NC(CC(F)(F)F)C(=O)O)cc1. The van der Waals surface area contributed by atoms with E-state index in [-0.39, 0.29) is 11.3 Å². The van der Waals surface area contributed by atoms with Crippen LogP contribution in [0.15, 0.2) is 30.5 Å². The van der Waals surface area contributed by atoms with E-state index in [4.69, 9.17) is 9.84 Å². The molecule has 0 aliphatic rings. The van der Waals surface area contributed by atoms with Crippen LogP contribution in [0.2, 0.25) is 0 Å². The van der Waals surface area contributed by atoms with E-state index in [2.05, 4.69) is 10.2 Å². The summed E-state index contributed by atoms with van der Waals surface area (Å²) < 4.78 is 42.3. The van der Waals surface area contributed by atoms with E-state index in [1.807, 2.05) is 5.32 Å². The molecular formula is C15H14F3N3O4. The van der Waals surface area contributed by atoms with Gasteiger partial charge in [-0.15, -0.1) is 0 Å². The van der Waals surface area contributed by atoms with Crippen molar-refractivity contribution >= 4 is 11.9 Å². The quantitative estimate of drug-likeness (QED) is 0.735. The molecule has 0 fully saturated rings. The fourth-order valence-electron chi connectivity index (χ4n) is 2.10. The number of aromatic amines is 1. The molecule has 7 nitrogen and oxygen atoms in total. The number of amides is 1. The summed E-state index contributed by atoms with van der Waals surface area (Å²) in [4.78, 5) is 23.2. The lowest BCUT2D eigenvalue weighted by Gasteiger charge is -2.16. The first kappa shape index (κ1) is 18.3. The first-order chi connectivity index (χ1) is 11.7. The van der Waals surface area contributed by atoms with Crippen molar-refractivity contribution in [3.63, 3.8) is 0 Å².